The molecule has 0 spiro atoms. The molecule has 0 aliphatic rings. The lowest BCUT2D eigenvalue weighted by atomic mass is 10.0. The number of halogens is 2. The molecule has 0 saturated carbocycles. The lowest BCUT2D eigenvalue weighted by molar-refractivity contribution is 0.103. The standard InChI is InChI=1S/C16H14F2O2/c1-3-20-12-6-4-5-11(8-12)16(19)13-7-10(2)14(17)9-15(13)18/h4-9H,3H2,1-2H3. The van der Waals surface area contributed by atoms with Crippen molar-refractivity contribution < 1.29 is 18.3 Å². The molecule has 2 nitrogen and oxygen atoms in total. The number of ketones is 1. The number of ether oxygens (including phenoxy) is 1. The van der Waals surface area contributed by atoms with E-state index in [9.17, 15) is 13.6 Å². The van der Waals surface area contributed by atoms with Crippen LogP contribution >= 0.6 is 0 Å². The Balaban J connectivity index is 2.41. The summed E-state index contributed by atoms with van der Waals surface area (Å²) in [5, 5.41) is 0. The first-order valence-corrected chi connectivity index (χ1v) is 6.26. The lowest BCUT2D eigenvalue weighted by Gasteiger charge is -2.07. The topological polar surface area (TPSA) is 26.3 Å². The summed E-state index contributed by atoms with van der Waals surface area (Å²) in [4.78, 5) is 12.3. The molecule has 0 radical (unpaired) electrons. The fourth-order valence-corrected chi connectivity index (χ4v) is 1.88. The molecule has 2 rings (SSSR count). The van der Waals surface area contributed by atoms with E-state index in [0.717, 1.165) is 6.07 Å². The summed E-state index contributed by atoms with van der Waals surface area (Å²) in [6.45, 7) is 3.79. The van der Waals surface area contributed by atoms with E-state index in [2.05, 4.69) is 0 Å². The normalized spacial score (nSPS) is 10.4. The van der Waals surface area contributed by atoms with Gasteiger partial charge < -0.3 is 4.74 Å². The van der Waals surface area contributed by atoms with E-state index >= 15 is 0 Å². The van der Waals surface area contributed by atoms with Crippen molar-refractivity contribution >= 4 is 5.78 Å². The molecule has 2 aromatic carbocycles. The second-order valence-electron chi connectivity index (χ2n) is 4.37. The number of hydrogen-bond donors (Lipinski definition) is 0. The maximum Gasteiger partial charge on any atom is 0.196 e. The van der Waals surface area contributed by atoms with Crippen LogP contribution in [-0.4, -0.2) is 12.4 Å². The van der Waals surface area contributed by atoms with E-state index in [1.54, 1.807) is 24.3 Å². The van der Waals surface area contributed by atoms with Crippen LogP contribution in [0.4, 0.5) is 8.78 Å². The highest BCUT2D eigenvalue weighted by Gasteiger charge is 2.16. The van der Waals surface area contributed by atoms with Crippen molar-refractivity contribution in [2.45, 2.75) is 13.8 Å². The van der Waals surface area contributed by atoms with E-state index in [0.29, 0.717) is 17.9 Å². The molecule has 0 aromatic heterocycles. The monoisotopic (exact) mass is 276 g/mol. The predicted octanol–water partition coefficient (Wildman–Crippen LogP) is 3.90. The molecular formula is C16H14F2O2. The van der Waals surface area contributed by atoms with Gasteiger partial charge in [-0.25, -0.2) is 8.78 Å². The molecule has 20 heavy (non-hydrogen) atoms. The summed E-state index contributed by atoms with van der Waals surface area (Å²) in [5.41, 5.74) is 0.397. The van der Waals surface area contributed by atoms with Crippen molar-refractivity contribution in [3.8, 4) is 5.75 Å². The first-order valence-electron chi connectivity index (χ1n) is 6.26. The zero-order valence-corrected chi connectivity index (χ0v) is 11.2. The number of aryl methyl sites for hydroxylation is 1. The minimum Gasteiger partial charge on any atom is -0.494 e. The second kappa shape index (κ2) is 5.82. The number of carbonyl (C=O) groups is 1. The van der Waals surface area contributed by atoms with Gasteiger partial charge in [0, 0.05) is 11.6 Å². The molecule has 0 aliphatic heterocycles. The fourth-order valence-electron chi connectivity index (χ4n) is 1.88. The third kappa shape index (κ3) is 2.85. The van der Waals surface area contributed by atoms with Gasteiger partial charge in [-0.05, 0) is 37.6 Å². The number of benzene rings is 2. The summed E-state index contributed by atoms with van der Waals surface area (Å²) in [6.07, 6.45) is 0. The van der Waals surface area contributed by atoms with Crippen LogP contribution < -0.4 is 4.74 Å². The van der Waals surface area contributed by atoms with Crippen molar-refractivity contribution in [1.29, 1.82) is 0 Å². The molecule has 0 fully saturated rings. The summed E-state index contributed by atoms with van der Waals surface area (Å²) in [7, 11) is 0. The van der Waals surface area contributed by atoms with Crippen LogP contribution in [0.15, 0.2) is 36.4 Å². The molecular weight excluding hydrogens is 262 g/mol. The van der Waals surface area contributed by atoms with Crippen molar-refractivity contribution in [2.24, 2.45) is 0 Å². The molecule has 0 amide bonds. The molecule has 4 heteroatoms. The molecule has 0 bridgehead atoms. The third-order valence-electron chi connectivity index (χ3n) is 2.90. The summed E-state index contributed by atoms with van der Waals surface area (Å²) in [6, 6.07) is 8.45. The van der Waals surface area contributed by atoms with Crippen molar-refractivity contribution in [3.05, 3.63) is 64.7 Å². The number of rotatable bonds is 4. The van der Waals surface area contributed by atoms with E-state index in [-0.39, 0.29) is 11.1 Å². The first kappa shape index (κ1) is 14.2. The zero-order valence-electron chi connectivity index (χ0n) is 11.2. The Morgan fingerprint density at radius 1 is 1.15 bits per heavy atom. The Kier molecular flexibility index (Phi) is 4.13. The van der Waals surface area contributed by atoms with Crippen molar-refractivity contribution in [1.82, 2.24) is 0 Å². The van der Waals surface area contributed by atoms with Gasteiger partial charge in [0.15, 0.2) is 5.78 Å². The molecule has 0 heterocycles. The van der Waals surface area contributed by atoms with Crippen molar-refractivity contribution in [3.63, 3.8) is 0 Å². The van der Waals surface area contributed by atoms with Gasteiger partial charge in [0.25, 0.3) is 0 Å². The highest BCUT2D eigenvalue weighted by atomic mass is 19.1. The quantitative estimate of drug-likeness (QED) is 0.792. The predicted molar refractivity (Wildman–Crippen MR) is 72.1 cm³/mol. The lowest BCUT2D eigenvalue weighted by Crippen LogP contribution is -2.06. The minimum absolute atomic E-state index is 0.141. The smallest absolute Gasteiger partial charge is 0.196 e. The van der Waals surface area contributed by atoms with Crippen LogP contribution in [0, 0.1) is 18.6 Å². The zero-order chi connectivity index (χ0) is 14.7. The molecule has 0 saturated heterocycles. The first-order chi connectivity index (χ1) is 9.52. The van der Waals surface area contributed by atoms with Crippen LogP contribution in [0.25, 0.3) is 0 Å². The Bertz CT molecular complexity index is 651. The van der Waals surface area contributed by atoms with Crippen LogP contribution in [0.3, 0.4) is 0 Å². The molecule has 2 aromatic rings. The van der Waals surface area contributed by atoms with Gasteiger partial charge in [0.1, 0.15) is 17.4 Å². The highest BCUT2D eigenvalue weighted by Crippen LogP contribution is 2.20. The molecule has 0 atom stereocenters. The Morgan fingerprint density at radius 2 is 1.90 bits per heavy atom. The van der Waals surface area contributed by atoms with Gasteiger partial charge in [0.2, 0.25) is 0 Å². The van der Waals surface area contributed by atoms with Crippen LogP contribution in [0.2, 0.25) is 0 Å². The highest BCUT2D eigenvalue weighted by molar-refractivity contribution is 6.09. The Morgan fingerprint density at radius 3 is 2.60 bits per heavy atom. The maximum atomic E-state index is 13.7. The molecule has 104 valence electrons. The van der Waals surface area contributed by atoms with Gasteiger partial charge in [-0.2, -0.15) is 0 Å². The van der Waals surface area contributed by atoms with E-state index in [1.807, 2.05) is 6.92 Å². The van der Waals surface area contributed by atoms with Crippen LogP contribution in [0.5, 0.6) is 5.75 Å². The summed E-state index contributed by atoms with van der Waals surface area (Å²) >= 11 is 0. The Hall–Kier alpha value is -2.23. The molecule has 0 unspecified atom stereocenters. The van der Waals surface area contributed by atoms with Gasteiger partial charge >= 0.3 is 0 Å². The Labute approximate surface area is 116 Å². The number of carbonyl (C=O) groups excluding carboxylic acids is 1. The van der Waals surface area contributed by atoms with Crippen LogP contribution in [0.1, 0.15) is 28.4 Å². The largest absolute Gasteiger partial charge is 0.494 e. The average Bonchev–Trinajstić information content (AvgIpc) is 2.43. The van der Waals surface area contributed by atoms with Crippen molar-refractivity contribution in [2.75, 3.05) is 6.61 Å². The average molecular weight is 276 g/mol. The summed E-state index contributed by atoms with van der Waals surface area (Å²) in [5.74, 6) is -1.48. The van der Waals surface area contributed by atoms with E-state index < -0.39 is 17.4 Å². The van der Waals surface area contributed by atoms with Gasteiger partial charge in [-0.1, -0.05) is 12.1 Å². The third-order valence-corrected chi connectivity index (χ3v) is 2.90. The fraction of sp³-hybridized carbons (Fsp3) is 0.188. The molecule has 0 aliphatic carbocycles. The van der Waals surface area contributed by atoms with Gasteiger partial charge in [-0.15, -0.1) is 0 Å². The van der Waals surface area contributed by atoms with E-state index in [1.165, 1.54) is 13.0 Å². The second-order valence-corrected chi connectivity index (χ2v) is 4.37. The van der Waals surface area contributed by atoms with E-state index in [4.69, 9.17) is 4.74 Å². The number of hydrogen-bond acceptors (Lipinski definition) is 2. The molecule has 0 N–H and O–H groups in total. The van der Waals surface area contributed by atoms with Crippen LogP contribution in [-0.2, 0) is 0 Å². The minimum atomic E-state index is -0.861. The maximum absolute atomic E-state index is 13.7. The van der Waals surface area contributed by atoms with Gasteiger partial charge in [0.05, 0.1) is 12.2 Å². The SMILES string of the molecule is CCOc1cccc(C(=O)c2cc(C)c(F)cc2F)c1. The summed E-state index contributed by atoms with van der Waals surface area (Å²) < 4.78 is 32.2. The van der Waals surface area contributed by atoms with Gasteiger partial charge in [-0.3, -0.25) is 4.79 Å².